The Morgan fingerprint density at radius 3 is 3.05 bits per heavy atom. The second kappa shape index (κ2) is 5.98. The van der Waals surface area contributed by atoms with Crippen LogP contribution in [0.4, 0.5) is 5.69 Å². The quantitative estimate of drug-likeness (QED) is 0.757. The first kappa shape index (κ1) is 14.3. The topological polar surface area (TPSA) is 80.0 Å². The molecule has 0 aliphatic carbocycles. The molecule has 2 heterocycles. The van der Waals surface area contributed by atoms with Crippen molar-refractivity contribution in [3.05, 3.63) is 52.6 Å². The zero-order chi connectivity index (χ0) is 15.5. The number of anilines is 1. The highest BCUT2D eigenvalue weighted by atomic mass is 32.1. The zero-order valence-corrected chi connectivity index (χ0v) is 12.7. The number of aromatic carboxylic acids is 1. The molecule has 0 unspecified atom stereocenters. The molecule has 3 rings (SSSR count). The molecule has 2 N–H and O–H groups in total. The Balaban J connectivity index is 1.79. The molecular weight excluding hydrogens is 300 g/mol. The first-order valence-electron chi connectivity index (χ1n) is 6.64. The third-order valence-corrected chi connectivity index (χ3v) is 4.01. The van der Waals surface area contributed by atoms with E-state index in [1.54, 1.807) is 4.68 Å². The molecule has 7 heteroatoms. The molecule has 3 aromatic rings. The Morgan fingerprint density at radius 2 is 2.32 bits per heavy atom. The van der Waals surface area contributed by atoms with Crippen LogP contribution in [0.1, 0.15) is 15.4 Å². The van der Waals surface area contributed by atoms with Crippen LogP contribution in [-0.2, 0) is 6.54 Å². The van der Waals surface area contributed by atoms with Gasteiger partial charge in [-0.25, -0.2) is 9.78 Å². The van der Waals surface area contributed by atoms with Gasteiger partial charge in [-0.2, -0.15) is 5.10 Å². The number of carboxylic acids is 1. The fraction of sp³-hybridized carbons (Fsp3) is 0.133. The van der Waals surface area contributed by atoms with Gasteiger partial charge in [0, 0.05) is 29.9 Å². The standard InChI is InChI=1S/C15H14N4O2S/c1-16-12-4-2-3-10(5-12)13-9-22-14(18-13)8-19-7-11(6-17-19)15(20)21/h2-7,9,16H,8H2,1H3,(H,20,21). The van der Waals surface area contributed by atoms with Gasteiger partial charge in [-0.15, -0.1) is 11.3 Å². The van der Waals surface area contributed by atoms with Crippen molar-refractivity contribution in [2.24, 2.45) is 0 Å². The summed E-state index contributed by atoms with van der Waals surface area (Å²) < 4.78 is 1.58. The Labute approximate surface area is 131 Å². The smallest absolute Gasteiger partial charge is 0.338 e. The lowest BCUT2D eigenvalue weighted by Gasteiger charge is -2.02. The number of carboxylic acid groups (broad SMARTS) is 1. The largest absolute Gasteiger partial charge is 0.478 e. The Hall–Kier alpha value is -2.67. The van der Waals surface area contributed by atoms with Crippen LogP contribution in [0.5, 0.6) is 0 Å². The van der Waals surface area contributed by atoms with Gasteiger partial charge < -0.3 is 10.4 Å². The summed E-state index contributed by atoms with van der Waals surface area (Å²) in [5.41, 5.74) is 3.16. The summed E-state index contributed by atoms with van der Waals surface area (Å²) in [4.78, 5) is 15.4. The highest BCUT2D eigenvalue weighted by Gasteiger charge is 2.09. The molecule has 22 heavy (non-hydrogen) atoms. The molecule has 6 nitrogen and oxygen atoms in total. The van der Waals surface area contributed by atoms with Crippen molar-refractivity contribution in [3.8, 4) is 11.3 Å². The van der Waals surface area contributed by atoms with Crippen LogP contribution in [0.2, 0.25) is 0 Å². The molecule has 0 spiro atoms. The summed E-state index contributed by atoms with van der Waals surface area (Å²) in [6, 6.07) is 8.02. The van der Waals surface area contributed by atoms with E-state index in [2.05, 4.69) is 15.4 Å². The van der Waals surface area contributed by atoms with Crippen molar-refractivity contribution in [3.63, 3.8) is 0 Å². The van der Waals surface area contributed by atoms with Gasteiger partial charge in [-0.3, -0.25) is 4.68 Å². The van der Waals surface area contributed by atoms with Crippen molar-refractivity contribution in [2.75, 3.05) is 12.4 Å². The summed E-state index contributed by atoms with van der Waals surface area (Å²) in [6.45, 7) is 0.462. The van der Waals surface area contributed by atoms with Gasteiger partial charge in [0.2, 0.25) is 0 Å². The predicted octanol–water partition coefficient (Wildman–Crippen LogP) is 2.79. The van der Waals surface area contributed by atoms with Crippen molar-refractivity contribution in [2.45, 2.75) is 6.54 Å². The van der Waals surface area contributed by atoms with Gasteiger partial charge in [0.15, 0.2) is 0 Å². The second-order valence-corrected chi connectivity index (χ2v) is 5.63. The summed E-state index contributed by atoms with van der Waals surface area (Å²) in [7, 11) is 1.88. The maximum absolute atomic E-state index is 10.8. The van der Waals surface area contributed by atoms with E-state index in [1.807, 2.05) is 36.7 Å². The monoisotopic (exact) mass is 314 g/mol. The Morgan fingerprint density at radius 1 is 1.45 bits per heavy atom. The molecular formula is C15H14N4O2S. The number of hydrogen-bond donors (Lipinski definition) is 2. The molecule has 2 aromatic heterocycles. The number of benzene rings is 1. The van der Waals surface area contributed by atoms with Gasteiger partial charge >= 0.3 is 5.97 Å². The first-order chi connectivity index (χ1) is 10.7. The molecule has 0 aliphatic heterocycles. The highest BCUT2D eigenvalue weighted by molar-refractivity contribution is 7.09. The fourth-order valence-electron chi connectivity index (χ4n) is 2.05. The molecule has 0 aliphatic rings. The third-order valence-electron chi connectivity index (χ3n) is 3.18. The molecule has 112 valence electrons. The molecule has 0 atom stereocenters. The average molecular weight is 314 g/mol. The fourth-order valence-corrected chi connectivity index (χ4v) is 2.84. The van der Waals surface area contributed by atoms with Gasteiger partial charge in [-0.1, -0.05) is 12.1 Å². The molecule has 0 saturated carbocycles. The molecule has 0 radical (unpaired) electrons. The van der Waals surface area contributed by atoms with Crippen LogP contribution in [-0.4, -0.2) is 32.9 Å². The van der Waals surface area contributed by atoms with Crippen LogP contribution in [0, 0.1) is 0 Å². The summed E-state index contributed by atoms with van der Waals surface area (Å²) in [6.07, 6.45) is 2.85. The number of nitrogens with one attached hydrogen (secondary N) is 1. The summed E-state index contributed by atoms with van der Waals surface area (Å²) in [5, 5.41) is 18.9. The summed E-state index contributed by atoms with van der Waals surface area (Å²) >= 11 is 1.53. The minimum Gasteiger partial charge on any atom is -0.478 e. The van der Waals surface area contributed by atoms with Crippen LogP contribution >= 0.6 is 11.3 Å². The van der Waals surface area contributed by atoms with E-state index in [1.165, 1.54) is 23.7 Å². The first-order valence-corrected chi connectivity index (χ1v) is 7.52. The molecule has 0 fully saturated rings. The van der Waals surface area contributed by atoms with Crippen molar-refractivity contribution in [1.82, 2.24) is 14.8 Å². The number of carbonyl (C=O) groups is 1. The lowest BCUT2D eigenvalue weighted by molar-refractivity contribution is 0.0697. The Kier molecular flexibility index (Phi) is 3.88. The number of thiazole rings is 1. The Bertz CT molecular complexity index is 809. The van der Waals surface area contributed by atoms with Crippen LogP contribution < -0.4 is 5.32 Å². The molecule has 0 saturated heterocycles. The van der Waals surface area contributed by atoms with Crippen molar-refractivity contribution >= 4 is 23.0 Å². The van der Waals surface area contributed by atoms with Crippen LogP contribution in [0.15, 0.2) is 42.0 Å². The van der Waals surface area contributed by atoms with Crippen LogP contribution in [0.3, 0.4) is 0 Å². The molecule has 0 amide bonds. The average Bonchev–Trinajstić information content (AvgIpc) is 3.17. The number of nitrogens with zero attached hydrogens (tertiary/aromatic N) is 3. The van der Waals surface area contributed by atoms with Crippen molar-refractivity contribution < 1.29 is 9.90 Å². The van der Waals surface area contributed by atoms with E-state index in [9.17, 15) is 4.79 Å². The maximum atomic E-state index is 10.8. The lowest BCUT2D eigenvalue weighted by atomic mass is 10.1. The third kappa shape index (κ3) is 2.99. The SMILES string of the molecule is CNc1cccc(-c2csc(Cn3cc(C(=O)O)cn3)n2)c1. The van der Waals surface area contributed by atoms with Gasteiger partial charge in [0.05, 0.1) is 24.0 Å². The van der Waals surface area contributed by atoms with E-state index >= 15 is 0 Å². The zero-order valence-electron chi connectivity index (χ0n) is 11.9. The van der Waals surface area contributed by atoms with E-state index in [0.717, 1.165) is 22.0 Å². The van der Waals surface area contributed by atoms with E-state index in [0.29, 0.717) is 6.54 Å². The predicted molar refractivity (Wildman–Crippen MR) is 85.4 cm³/mol. The normalized spacial score (nSPS) is 10.6. The second-order valence-electron chi connectivity index (χ2n) is 4.69. The van der Waals surface area contributed by atoms with Gasteiger partial charge in [-0.05, 0) is 12.1 Å². The van der Waals surface area contributed by atoms with E-state index in [4.69, 9.17) is 5.11 Å². The lowest BCUT2D eigenvalue weighted by Crippen LogP contribution is -2.00. The van der Waals surface area contributed by atoms with Gasteiger partial charge in [0.25, 0.3) is 0 Å². The van der Waals surface area contributed by atoms with E-state index in [-0.39, 0.29) is 5.56 Å². The highest BCUT2D eigenvalue weighted by Crippen LogP contribution is 2.24. The number of aromatic nitrogens is 3. The molecule has 1 aromatic carbocycles. The minimum atomic E-state index is -0.977. The van der Waals surface area contributed by atoms with E-state index < -0.39 is 5.97 Å². The summed E-state index contributed by atoms with van der Waals surface area (Å²) in [5.74, 6) is -0.977. The number of rotatable bonds is 5. The number of hydrogen-bond acceptors (Lipinski definition) is 5. The molecule has 0 bridgehead atoms. The van der Waals surface area contributed by atoms with Crippen molar-refractivity contribution in [1.29, 1.82) is 0 Å². The van der Waals surface area contributed by atoms with Gasteiger partial charge in [0.1, 0.15) is 5.01 Å². The minimum absolute atomic E-state index is 0.179. The maximum Gasteiger partial charge on any atom is 0.338 e. The van der Waals surface area contributed by atoms with Crippen LogP contribution in [0.25, 0.3) is 11.3 Å².